The Bertz CT molecular complexity index is 899. The van der Waals surface area contributed by atoms with E-state index in [1.54, 1.807) is 12.1 Å². The molecule has 3 rings (SSSR count). The number of fused-ring (bicyclic) bond motifs is 1. The molecule has 0 spiro atoms. The van der Waals surface area contributed by atoms with Gasteiger partial charge in [0.2, 0.25) is 0 Å². The summed E-state index contributed by atoms with van der Waals surface area (Å²) in [6.45, 7) is 6.08. The van der Waals surface area contributed by atoms with Crippen LogP contribution in [0.4, 0.5) is 11.4 Å². The molecule has 1 aromatic heterocycles. The number of rotatable bonds is 3. The van der Waals surface area contributed by atoms with Crippen molar-refractivity contribution < 1.29 is 9.90 Å². The average molecular weight is 305 g/mol. The third-order valence-electron chi connectivity index (χ3n) is 3.78. The number of anilines is 2. The van der Waals surface area contributed by atoms with Crippen molar-refractivity contribution in [1.82, 2.24) is 4.98 Å². The van der Waals surface area contributed by atoms with Crippen LogP contribution in [0, 0.1) is 20.8 Å². The van der Waals surface area contributed by atoms with Gasteiger partial charge in [-0.2, -0.15) is 0 Å². The zero-order valence-electron chi connectivity index (χ0n) is 13.3. The van der Waals surface area contributed by atoms with Crippen LogP contribution in [0.1, 0.15) is 27.2 Å². The van der Waals surface area contributed by atoms with Crippen LogP contribution >= 0.6 is 0 Å². The Morgan fingerprint density at radius 1 is 1.04 bits per heavy atom. The fraction of sp³-hybridized carbons (Fsp3) is 0.158. The molecule has 4 nitrogen and oxygen atoms in total. The van der Waals surface area contributed by atoms with Crippen molar-refractivity contribution in [2.24, 2.45) is 0 Å². The molecular weight excluding hydrogens is 288 g/mol. The van der Waals surface area contributed by atoms with E-state index in [-0.39, 0.29) is 5.56 Å². The molecule has 0 radical (unpaired) electrons. The summed E-state index contributed by atoms with van der Waals surface area (Å²) in [4.78, 5) is 15.5. The van der Waals surface area contributed by atoms with Crippen LogP contribution in [-0.4, -0.2) is 11.0 Å². The Hall–Kier alpha value is -2.88. The van der Waals surface area contributed by atoms with E-state index < -0.39 is 5.97 Å². The largest absolute Gasteiger partial charge is 0.545 e. The SMILES string of the molecule is Cc1cc(C)c2nc(C)cc(Nc3ccc(C(=O)[O-])cc3)c2c1. The van der Waals surface area contributed by atoms with Crippen molar-refractivity contribution in [3.8, 4) is 0 Å². The molecule has 3 aromatic rings. The summed E-state index contributed by atoms with van der Waals surface area (Å²) < 4.78 is 0. The lowest BCUT2D eigenvalue weighted by Crippen LogP contribution is -2.21. The molecule has 0 atom stereocenters. The maximum absolute atomic E-state index is 10.8. The summed E-state index contributed by atoms with van der Waals surface area (Å²) in [6, 6.07) is 12.7. The number of carbonyl (C=O) groups excluding carboxylic acids is 1. The number of nitrogens with one attached hydrogen (secondary N) is 1. The first-order chi connectivity index (χ1) is 10.9. The number of hydrogen-bond acceptors (Lipinski definition) is 4. The quantitative estimate of drug-likeness (QED) is 0.806. The van der Waals surface area contributed by atoms with E-state index in [0.717, 1.165) is 33.5 Å². The molecule has 0 unspecified atom stereocenters. The fourth-order valence-electron chi connectivity index (χ4n) is 2.76. The van der Waals surface area contributed by atoms with Gasteiger partial charge in [0, 0.05) is 22.5 Å². The molecule has 2 aromatic carbocycles. The van der Waals surface area contributed by atoms with Crippen LogP contribution in [0.2, 0.25) is 0 Å². The minimum absolute atomic E-state index is 0.165. The molecule has 0 bridgehead atoms. The number of carboxylic acid groups (broad SMARTS) is 1. The molecule has 0 amide bonds. The summed E-state index contributed by atoms with van der Waals surface area (Å²) in [5, 5.41) is 15.2. The molecule has 0 fully saturated rings. The van der Waals surface area contributed by atoms with Gasteiger partial charge in [-0.3, -0.25) is 4.98 Å². The van der Waals surface area contributed by atoms with Crippen molar-refractivity contribution >= 4 is 28.2 Å². The topological polar surface area (TPSA) is 65.0 Å². The van der Waals surface area contributed by atoms with Crippen LogP contribution in [0.25, 0.3) is 10.9 Å². The van der Waals surface area contributed by atoms with Crippen molar-refractivity contribution in [2.75, 3.05) is 5.32 Å². The van der Waals surface area contributed by atoms with Crippen molar-refractivity contribution in [3.05, 3.63) is 64.8 Å². The zero-order chi connectivity index (χ0) is 16.6. The Kier molecular flexibility index (Phi) is 3.74. The van der Waals surface area contributed by atoms with Gasteiger partial charge >= 0.3 is 0 Å². The van der Waals surface area contributed by atoms with E-state index in [2.05, 4.69) is 36.3 Å². The molecule has 4 heteroatoms. The van der Waals surface area contributed by atoms with Crippen molar-refractivity contribution in [2.45, 2.75) is 20.8 Å². The van der Waals surface area contributed by atoms with Gasteiger partial charge in [0.05, 0.1) is 11.5 Å². The zero-order valence-corrected chi connectivity index (χ0v) is 13.3. The second-order valence-electron chi connectivity index (χ2n) is 5.78. The first kappa shape index (κ1) is 15.0. The third kappa shape index (κ3) is 3.01. The van der Waals surface area contributed by atoms with E-state index in [0.29, 0.717) is 0 Å². The van der Waals surface area contributed by atoms with E-state index in [9.17, 15) is 9.90 Å². The number of nitrogens with zero attached hydrogens (tertiary/aromatic N) is 1. The number of carboxylic acids is 1. The number of aromatic carboxylic acids is 1. The van der Waals surface area contributed by atoms with Crippen LogP contribution in [0.5, 0.6) is 0 Å². The van der Waals surface area contributed by atoms with Crippen LogP contribution < -0.4 is 10.4 Å². The molecule has 23 heavy (non-hydrogen) atoms. The summed E-state index contributed by atoms with van der Waals surface area (Å²) >= 11 is 0. The molecule has 0 aliphatic carbocycles. The third-order valence-corrected chi connectivity index (χ3v) is 3.78. The van der Waals surface area contributed by atoms with Gasteiger partial charge in [-0.25, -0.2) is 0 Å². The highest BCUT2D eigenvalue weighted by atomic mass is 16.4. The van der Waals surface area contributed by atoms with Gasteiger partial charge in [-0.05, 0) is 56.2 Å². The number of hydrogen-bond donors (Lipinski definition) is 1. The van der Waals surface area contributed by atoms with E-state index >= 15 is 0 Å². The van der Waals surface area contributed by atoms with Gasteiger partial charge in [0.1, 0.15) is 0 Å². The van der Waals surface area contributed by atoms with Crippen LogP contribution in [-0.2, 0) is 0 Å². The number of carbonyl (C=O) groups is 1. The summed E-state index contributed by atoms with van der Waals surface area (Å²) in [6.07, 6.45) is 0. The molecule has 1 N–H and O–H groups in total. The Morgan fingerprint density at radius 3 is 2.39 bits per heavy atom. The summed E-state index contributed by atoms with van der Waals surface area (Å²) in [7, 11) is 0. The van der Waals surface area contributed by atoms with E-state index in [1.165, 1.54) is 17.7 Å². The van der Waals surface area contributed by atoms with Crippen LogP contribution in [0.3, 0.4) is 0 Å². The minimum Gasteiger partial charge on any atom is -0.545 e. The summed E-state index contributed by atoms with van der Waals surface area (Å²) in [5.74, 6) is -1.17. The van der Waals surface area contributed by atoms with E-state index in [4.69, 9.17) is 0 Å². The van der Waals surface area contributed by atoms with Gasteiger partial charge in [-0.1, -0.05) is 23.8 Å². The smallest absolute Gasteiger partial charge is 0.0755 e. The molecule has 0 aliphatic rings. The maximum Gasteiger partial charge on any atom is 0.0755 e. The highest BCUT2D eigenvalue weighted by molar-refractivity contribution is 5.95. The predicted octanol–water partition coefficient (Wildman–Crippen LogP) is 3.27. The lowest BCUT2D eigenvalue weighted by molar-refractivity contribution is -0.255. The first-order valence-electron chi connectivity index (χ1n) is 7.41. The average Bonchev–Trinajstić information content (AvgIpc) is 2.49. The molecule has 0 saturated heterocycles. The second-order valence-corrected chi connectivity index (χ2v) is 5.78. The standard InChI is InChI=1S/C19H18N2O2/c1-11-8-12(2)18-16(9-11)17(10-13(3)20-18)21-15-6-4-14(5-7-15)19(22)23/h4-10H,1-3H3,(H,20,21)(H,22,23)/p-1. The normalized spacial score (nSPS) is 10.7. The number of aryl methyl sites for hydroxylation is 3. The molecule has 0 saturated carbocycles. The second kappa shape index (κ2) is 5.72. The van der Waals surface area contributed by atoms with Gasteiger partial charge < -0.3 is 15.2 Å². The van der Waals surface area contributed by atoms with Crippen molar-refractivity contribution in [3.63, 3.8) is 0 Å². The molecule has 0 aliphatic heterocycles. The monoisotopic (exact) mass is 305 g/mol. The molecule has 1 heterocycles. The number of pyridine rings is 1. The molecular formula is C19H17N2O2-. The Balaban J connectivity index is 2.07. The number of aromatic nitrogens is 1. The van der Waals surface area contributed by atoms with Crippen LogP contribution in [0.15, 0.2) is 42.5 Å². The van der Waals surface area contributed by atoms with Crippen molar-refractivity contribution in [1.29, 1.82) is 0 Å². The Labute approximate surface area is 134 Å². The Morgan fingerprint density at radius 2 is 1.74 bits per heavy atom. The highest BCUT2D eigenvalue weighted by Gasteiger charge is 2.08. The van der Waals surface area contributed by atoms with E-state index in [1.807, 2.05) is 13.0 Å². The lowest BCUT2D eigenvalue weighted by atomic mass is 10.0. The molecule has 116 valence electrons. The summed E-state index contributed by atoms with van der Waals surface area (Å²) in [5.41, 5.74) is 6.16. The number of benzene rings is 2. The highest BCUT2D eigenvalue weighted by Crippen LogP contribution is 2.29. The first-order valence-corrected chi connectivity index (χ1v) is 7.41. The minimum atomic E-state index is -1.17. The fourth-order valence-corrected chi connectivity index (χ4v) is 2.76. The maximum atomic E-state index is 10.8. The predicted molar refractivity (Wildman–Crippen MR) is 90.0 cm³/mol. The van der Waals surface area contributed by atoms with Gasteiger partial charge in [0.25, 0.3) is 0 Å². The van der Waals surface area contributed by atoms with Gasteiger partial charge in [-0.15, -0.1) is 0 Å². The lowest BCUT2D eigenvalue weighted by Gasteiger charge is -2.13. The van der Waals surface area contributed by atoms with Gasteiger partial charge in [0.15, 0.2) is 0 Å².